The summed E-state index contributed by atoms with van der Waals surface area (Å²) in [6, 6.07) is 11.4. The van der Waals surface area contributed by atoms with Crippen molar-refractivity contribution in [2.75, 3.05) is 40.4 Å². The molecule has 0 saturated heterocycles. The first-order chi connectivity index (χ1) is 40.8. The Bertz CT molecular complexity index is 3690. The highest BCUT2D eigenvalue weighted by Crippen LogP contribution is 2.35. The largest absolute Gasteiger partial charge is 0.435 e. The summed E-state index contributed by atoms with van der Waals surface area (Å²) in [5, 5.41) is 19.9. The second-order valence-corrected chi connectivity index (χ2v) is 37.2. The molecule has 0 aliphatic heterocycles. The van der Waals surface area contributed by atoms with E-state index in [1.807, 2.05) is 53.3 Å². The number of aryl methyl sites for hydroxylation is 2. The summed E-state index contributed by atoms with van der Waals surface area (Å²) >= 11 is 0. The van der Waals surface area contributed by atoms with Crippen LogP contribution in [-0.2, 0) is 40.8 Å². The Kier molecular flexibility index (Phi) is 21.8. The van der Waals surface area contributed by atoms with E-state index < -0.39 is 40.4 Å². The van der Waals surface area contributed by atoms with Gasteiger partial charge < -0.3 is 48.9 Å². The second-order valence-electron chi connectivity index (χ2n) is 26.0. The molecule has 0 saturated carbocycles. The van der Waals surface area contributed by atoms with Crippen LogP contribution in [0.5, 0.6) is 11.5 Å². The van der Waals surface area contributed by atoms with E-state index in [0.29, 0.717) is 112 Å². The van der Waals surface area contributed by atoms with E-state index in [2.05, 4.69) is 74.7 Å². The van der Waals surface area contributed by atoms with Crippen molar-refractivity contribution in [3.63, 3.8) is 0 Å². The van der Waals surface area contributed by atoms with Crippen molar-refractivity contribution in [3.05, 3.63) is 72.3 Å². The predicted octanol–water partition coefficient (Wildman–Crippen LogP) is 11.3. The molecule has 27 heteroatoms. The lowest BCUT2D eigenvalue weighted by atomic mass is 10.1. The van der Waals surface area contributed by atoms with Crippen LogP contribution in [0.15, 0.2) is 61.2 Å². The molecule has 8 aromatic rings. The number of hydrogen-bond acceptors (Lipinski definition) is 14. The van der Waals surface area contributed by atoms with Crippen molar-refractivity contribution in [1.29, 1.82) is 0 Å². The number of fused-ring (bicyclic) bond motifs is 4. The number of ether oxygens (including phenoxy) is 4. The molecule has 6 aromatic heterocycles. The van der Waals surface area contributed by atoms with E-state index in [9.17, 15) is 31.9 Å². The van der Waals surface area contributed by atoms with E-state index in [0.717, 1.165) is 30.6 Å². The number of carbonyl (C=O) groups excluding carboxylic acids is 3. The Labute approximate surface area is 506 Å². The van der Waals surface area contributed by atoms with Crippen molar-refractivity contribution in [2.45, 2.75) is 164 Å². The number of halogens is 4. The summed E-state index contributed by atoms with van der Waals surface area (Å²) in [6.45, 7) is 24.7. The number of aromatic nitrogens is 10. The third kappa shape index (κ3) is 18.6. The van der Waals surface area contributed by atoms with Gasteiger partial charge >= 0.3 is 13.2 Å². The normalized spacial score (nSPS) is 12.4. The summed E-state index contributed by atoms with van der Waals surface area (Å²) in [5.74, 6) is -0.629. The van der Waals surface area contributed by atoms with Gasteiger partial charge in [-0.05, 0) is 116 Å². The van der Waals surface area contributed by atoms with Crippen LogP contribution in [0.25, 0.3) is 66.9 Å². The molecule has 0 fully saturated rings. The molecule has 3 amide bonds. The summed E-state index contributed by atoms with van der Waals surface area (Å²) < 4.78 is 80.7. The fraction of sp³-hybridized carbons (Fsp3) is 0.517. The summed E-state index contributed by atoms with van der Waals surface area (Å²) in [7, 11) is 1.05. The van der Waals surface area contributed by atoms with Gasteiger partial charge in [-0.1, -0.05) is 39.3 Å². The van der Waals surface area contributed by atoms with Crippen LogP contribution in [0.3, 0.4) is 0 Å². The molecule has 21 nitrogen and oxygen atoms in total. The molecule has 87 heavy (non-hydrogen) atoms. The summed E-state index contributed by atoms with van der Waals surface area (Å²) in [4.78, 5) is 59.2. The zero-order valence-corrected chi connectivity index (χ0v) is 54.7. The molecular weight excluding hydrogens is 1160 g/mol. The Morgan fingerprint density at radius 1 is 0.644 bits per heavy atom. The highest BCUT2D eigenvalue weighted by atomic mass is 28.3. The Morgan fingerprint density at radius 2 is 1.06 bits per heavy atom. The van der Waals surface area contributed by atoms with Gasteiger partial charge in [0.05, 0.1) is 34.6 Å². The lowest BCUT2D eigenvalue weighted by Gasteiger charge is -2.20. The zero-order valence-electron chi connectivity index (χ0n) is 52.7. The van der Waals surface area contributed by atoms with E-state index in [-0.39, 0.29) is 42.7 Å². The number of rotatable bonds is 26. The molecule has 0 atom stereocenters. The van der Waals surface area contributed by atoms with E-state index in [4.69, 9.17) is 29.6 Å². The van der Waals surface area contributed by atoms with Crippen molar-refractivity contribution >= 4 is 78.0 Å². The van der Waals surface area contributed by atoms with Gasteiger partial charge in [-0.15, -0.1) is 0 Å². The lowest BCUT2D eigenvalue weighted by molar-refractivity contribution is -0.127. The van der Waals surface area contributed by atoms with E-state index >= 15 is 0 Å². The number of hydrogen-bond donors (Lipinski definition) is 3. The molecular formula is C60H84F4N14O7Si2. The minimum Gasteiger partial charge on any atom is -0.435 e. The molecule has 0 spiro atoms. The van der Waals surface area contributed by atoms with Crippen LogP contribution >= 0.6 is 0 Å². The van der Waals surface area contributed by atoms with Gasteiger partial charge in [-0.2, -0.15) is 27.8 Å². The Balaban J connectivity index is 0.000000249. The Hall–Kier alpha value is -7.34. The highest BCUT2D eigenvalue weighted by Gasteiger charge is 2.27. The SMILES string of the molecule is CC(=O)N(C)CCCn1nc(-c2cnc3c(n2)c(C(=O)NC(C)(C)C)cn3COCC[Si](C)(C)C)c2cc(OC(F)F)ccc21.CNCCCn1nc(-c2cnc3c(n2)c(C(=O)NC(C)(C)C)cn3COCC[Si](C)(C)C)c2cc(OC(F)F)ccc21. The van der Waals surface area contributed by atoms with Crippen LogP contribution in [0.4, 0.5) is 17.6 Å². The number of carbonyl (C=O) groups is 3. The summed E-state index contributed by atoms with van der Waals surface area (Å²) in [5.41, 5.74) is 4.57. The first-order valence-corrected chi connectivity index (χ1v) is 36.5. The van der Waals surface area contributed by atoms with Crippen LogP contribution < -0.4 is 25.4 Å². The molecule has 0 bridgehead atoms. The second kappa shape index (κ2) is 28.2. The predicted molar refractivity (Wildman–Crippen MR) is 335 cm³/mol. The molecule has 0 aliphatic carbocycles. The molecule has 472 valence electrons. The monoisotopic (exact) mass is 1240 g/mol. The number of amides is 3. The third-order valence-electron chi connectivity index (χ3n) is 13.6. The van der Waals surface area contributed by atoms with Crippen molar-refractivity contribution in [1.82, 2.24) is 69.5 Å². The van der Waals surface area contributed by atoms with Crippen molar-refractivity contribution in [3.8, 4) is 34.3 Å². The third-order valence-corrected chi connectivity index (χ3v) is 17.0. The number of nitrogens with one attached hydrogen (secondary N) is 3. The quantitative estimate of drug-likeness (QED) is 0.0261. The molecule has 0 radical (unpaired) electrons. The molecule has 2 aromatic carbocycles. The Morgan fingerprint density at radius 3 is 1.43 bits per heavy atom. The fourth-order valence-electron chi connectivity index (χ4n) is 9.17. The minimum atomic E-state index is -2.99. The van der Waals surface area contributed by atoms with Gasteiger partial charge in [-0.3, -0.25) is 23.7 Å². The van der Waals surface area contributed by atoms with Gasteiger partial charge in [0.25, 0.3) is 11.8 Å². The van der Waals surface area contributed by atoms with Gasteiger partial charge in [0, 0.05) is 97.2 Å². The smallest absolute Gasteiger partial charge is 0.387 e. The average molecular weight is 1250 g/mol. The van der Waals surface area contributed by atoms with Gasteiger partial charge in [0.15, 0.2) is 11.3 Å². The first kappa shape index (κ1) is 67.2. The number of alkyl halides is 4. The first-order valence-electron chi connectivity index (χ1n) is 29.1. The molecule has 0 aliphatic rings. The van der Waals surface area contributed by atoms with Crippen molar-refractivity contribution in [2.24, 2.45) is 0 Å². The highest BCUT2D eigenvalue weighted by molar-refractivity contribution is 6.76. The maximum absolute atomic E-state index is 13.4. The van der Waals surface area contributed by atoms with Gasteiger partial charge in [-0.25, -0.2) is 19.9 Å². The number of nitrogens with zero attached hydrogens (tertiary/aromatic N) is 11. The zero-order chi connectivity index (χ0) is 63.8. The topological polar surface area (TPSA) is 225 Å². The average Bonchev–Trinajstić information content (AvgIpc) is 1.67. The molecule has 0 unspecified atom stereocenters. The van der Waals surface area contributed by atoms with E-state index in [1.165, 1.54) is 31.2 Å². The van der Waals surface area contributed by atoms with Crippen molar-refractivity contribution < 1.29 is 50.9 Å². The van der Waals surface area contributed by atoms with Gasteiger partial charge in [0.2, 0.25) is 5.91 Å². The molecule has 6 heterocycles. The maximum Gasteiger partial charge on any atom is 0.387 e. The number of benzene rings is 2. The minimum absolute atomic E-state index is 0.0180. The maximum atomic E-state index is 13.4. The molecule has 3 N–H and O–H groups in total. The summed E-state index contributed by atoms with van der Waals surface area (Å²) in [6.07, 6.45) is 7.98. The van der Waals surface area contributed by atoms with Crippen LogP contribution in [0.2, 0.25) is 51.4 Å². The fourth-order valence-corrected chi connectivity index (χ4v) is 10.7. The van der Waals surface area contributed by atoms with Crippen LogP contribution in [-0.4, -0.2) is 152 Å². The lowest BCUT2D eigenvalue weighted by Crippen LogP contribution is -2.40. The standard InChI is InChI=1S/C31H43F2N7O4Si.C29H41F2N7O3Si/c1-20(41)38(5)12-9-13-40-25-11-10-21(44-30(32)33)16-22(25)26(37-40)24-17-34-28-27(35-24)23(29(42)36-31(2,3)4)18-39(28)19-43-14-15-45(6,7)8;1-29(2,3)35-27(39)21-17-37(18-40-13-14-42(5,6)7)26-25(21)34-22(16-33-26)24-20-15-19(41-28(30)31)9-10-23(20)38(36-24)12-8-11-32-4/h10-11,16-18,30H,9,12-15,19H2,1-8H3,(H,36,42);9-10,15-17,28,32H,8,11-14,18H2,1-7H3,(H,35,39). The van der Waals surface area contributed by atoms with Crippen LogP contribution in [0, 0.1) is 0 Å². The molecule has 8 rings (SSSR count). The van der Waals surface area contributed by atoms with Crippen LogP contribution in [0.1, 0.15) is 82.0 Å². The van der Waals surface area contributed by atoms with Gasteiger partial charge in [0.1, 0.15) is 58.8 Å². The van der Waals surface area contributed by atoms with E-state index in [1.54, 1.807) is 62.7 Å².